The molecule has 2 aliphatic heterocycles. The number of primary amides is 2. The van der Waals surface area contributed by atoms with Gasteiger partial charge in [-0.25, -0.2) is 4.79 Å². The van der Waals surface area contributed by atoms with Gasteiger partial charge in [0, 0.05) is 6.54 Å². The Hall–Kier alpha value is -2.69. The zero-order valence-electron chi connectivity index (χ0n) is 20.0. The molecule has 0 aromatic heterocycles. The quantitative estimate of drug-likeness (QED) is 0.347. The monoisotopic (exact) mass is 572 g/mol. The fourth-order valence-electron chi connectivity index (χ4n) is 4.17. The zero-order valence-corrected chi connectivity index (χ0v) is 20.0. The van der Waals surface area contributed by atoms with Gasteiger partial charge in [0.1, 0.15) is 6.61 Å². The third-order valence-electron chi connectivity index (χ3n) is 6.25. The van der Waals surface area contributed by atoms with E-state index in [1.54, 1.807) is 0 Å². The number of nitrogens with zero attached hydrogens (tertiary/aromatic N) is 2. The zero-order chi connectivity index (χ0) is 24.8. The van der Waals surface area contributed by atoms with Crippen LogP contribution in [-0.4, -0.2) is 80.1 Å². The van der Waals surface area contributed by atoms with Crippen molar-refractivity contribution in [3.05, 3.63) is 35.9 Å². The average molecular weight is 573 g/mol. The molecule has 0 saturated carbocycles. The van der Waals surface area contributed by atoms with Gasteiger partial charge in [-0.05, 0) is 75.8 Å². The van der Waals surface area contributed by atoms with Crippen molar-refractivity contribution in [1.29, 1.82) is 0 Å². The molecule has 1 aromatic carbocycles. The van der Waals surface area contributed by atoms with Gasteiger partial charge in [0.2, 0.25) is 11.8 Å². The first-order valence-electron chi connectivity index (χ1n) is 12.0. The summed E-state index contributed by atoms with van der Waals surface area (Å²) in [6.45, 7) is 5.99. The Morgan fingerprint density at radius 1 is 0.750 bits per heavy atom. The number of amides is 3. The van der Waals surface area contributed by atoms with E-state index in [9.17, 15) is 14.4 Å². The van der Waals surface area contributed by atoms with Gasteiger partial charge in [0.05, 0.1) is 13.1 Å². The summed E-state index contributed by atoms with van der Waals surface area (Å²) in [6.07, 6.45) is 3.72. The molecule has 2 fully saturated rings. The number of hydrogen-bond donors (Lipinski definition) is 4. The van der Waals surface area contributed by atoms with Crippen molar-refractivity contribution < 1.29 is 19.1 Å². The molecular formula is C30H64N6O4. The summed E-state index contributed by atoms with van der Waals surface area (Å²) in [5.74, 6) is 0.546. The van der Waals surface area contributed by atoms with Crippen LogP contribution in [0.3, 0.4) is 0 Å². The molecule has 40 heavy (non-hydrogen) atoms. The third-order valence-corrected chi connectivity index (χ3v) is 6.25. The Kier molecular flexibility index (Phi) is 31.3. The van der Waals surface area contributed by atoms with Crippen LogP contribution < -0.4 is 22.5 Å². The third kappa shape index (κ3) is 20.2. The molecule has 238 valence electrons. The minimum absolute atomic E-state index is 0. The number of alkyl carbamates (subject to hydrolysis) is 1. The maximum Gasteiger partial charge on any atom is 0.407 e. The van der Waals surface area contributed by atoms with Crippen LogP contribution in [0.5, 0.6) is 0 Å². The lowest BCUT2D eigenvalue weighted by Gasteiger charge is -2.30. The number of hydrogen-bond acceptors (Lipinski definition) is 7. The molecule has 10 nitrogen and oxygen atoms in total. The summed E-state index contributed by atoms with van der Waals surface area (Å²) < 4.78 is 5.17. The van der Waals surface area contributed by atoms with Gasteiger partial charge in [-0.15, -0.1) is 0 Å². The summed E-state index contributed by atoms with van der Waals surface area (Å²) in [4.78, 5) is 37.2. The molecule has 3 rings (SSSR count). The van der Waals surface area contributed by atoms with E-state index < -0.39 is 0 Å². The predicted molar refractivity (Wildman–Crippen MR) is 171 cm³/mol. The largest absolute Gasteiger partial charge is 0.445 e. The highest BCUT2D eigenvalue weighted by molar-refractivity contribution is 5.76. The topological polar surface area (TPSA) is 157 Å². The van der Waals surface area contributed by atoms with Gasteiger partial charge >= 0.3 is 6.09 Å². The Labute approximate surface area is 246 Å². The average Bonchev–Trinajstić information content (AvgIpc) is 2.83. The van der Waals surface area contributed by atoms with Gasteiger partial charge in [0.15, 0.2) is 0 Å². The van der Waals surface area contributed by atoms with E-state index in [0.717, 1.165) is 64.0 Å². The Morgan fingerprint density at radius 2 is 1.18 bits per heavy atom. The van der Waals surface area contributed by atoms with Gasteiger partial charge in [-0.2, -0.15) is 0 Å². The standard InChI is InChI=1S/C16H23N3O3.C8H17N3O.6CH4/c17-15(20)11-19-8-6-13(7-9-19)10-18-16(21)22-12-14-4-2-1-3-5-14;9-5-7-1-3-11(4-2-7)6-8(10)12;;;;;;/h1-5,13H,6-12H2,(H2,17,20)(H,18,21);7H,1-6,9H2,(H2,10,12);6*1H4. The Balaban J connectivity index is -0.000000199. The minimum atomic E-state index is -0.386. The molecule has 0 bridgehead atoms. The molecule has 2 aliphatic rings. The molecule has 10 heteroatoms. The van der Waals surface area contributed by atoms with Crippen LogP contribution in [0.25, 0.3) is 0 Å². The molecule has 0 radical (unpaired) electrons. The first-order chi connectivity index (χ1) is 16.4. The number of nitrogens with two attached hydrogens (primary N) is 3. The second-order valence-electron chi connectivity index (χ2n) is 9.05. The van der Waals surface area contributed by atoms with Gasteiger partial charge in [-0.3, -0.25) is 19.4 Å². The number of nitrogens with one attached hydrogen (secondary N) is 1. The fraction of sp³-hybridized carbons (Fsp3) is 0.700. The molecule has 2 saturated heterocycles. The smallest absolute Gasteiger partial charge is 0.407 e. The highest BCUT2D eigenvalue weighted by Gasteiger charge is 2.21. The number of rotatable bonds is 9. The number of benzene rings is 1. The van der Waals surface area contributed by atoms with Crippen molar-refractivity contribution in [2.45, 2.75) is 76.9 Å². The minimum Gasteiger partial charge on any atom is -0.445 e. The van der Waals surface area contributed by atoms with Crippen LogP contribution in [0.1, 0.15) is 75.8 Å². The van der Waals surface area contributed by atoms with Crippen molar-refractivity contribution in [1.82, 2.24) is 15.1 Å². The number of carbonyl (C=O) groups excluding carboxylic acids is 3. The van der Waals surface area contributed by atoms with Gasteiger partial charge < -0.3 is 27.3 Å². The van der Waals surface area contributed by atoms with E-state index in [1.807, 2.05) is 35.2 Å². The molecule has 0 spiro atoms. The highest BCUT2D eigenvalue weighted by atomic mass is 16.5. The second-order valence-corrected chi connectivity index (χ2v) is 9.05. The number of piperidine rings is 2. The van der Waals surface area contributed by atoms with Gasteiger partial charge in [-0.1, -0.05) is 74.9 Å². The van der Waals surface area contributed by atoms with Crippen molar-refractivity contribution in [2.24, 2.45) is 29.0 Å². The lowest BCUT2D eigenvalue weighted by Crippen LogP contribution is -2.42. The molecule has 2 heterocycles. The van der Waals surface area contributed by atoms with E-state index in [4.69, 9.17) is 21.9 Å². The summed E-state index contributed by atoms with van der Waals surface area (Å²) in [7, 11) is 0. The maximum atomic E-state index is 11.7. The van der Waals surface area contributed by atoms with E-state index in [1.165, 1.54) is 0 Å². The summed E-state index contributed by atoms with van der Waals surface area (Å²) in [6, 6.07) is 9.59. The molecule has 0 aliphatic carbocycles. The molecule has 0 atom stereocenters. The number of ether oxygens (including phenoxy) is 1. The highest BCUT2D eigenvalue weighted by Crippen LogP contribution is 2.16. The van der Waals surface area contributed by atoms with E-state index >= 15 is 0 Å². The Morgan fingerprint density at radius 3 is 1.57 bits per heavy atom. The first kappa shape index (κ1) is 47.1. The summed E-state index contributed by atoms with van der Waals surface area (Å²) >= 11 is 0. The van der Waals surface area contributed by atoms with Crippen LogP contribution in [0.4, 0.5) is 4.79 Å². The summed E-state index contributed by atoms with van der Waals surface area (Å²) in [5, 5.41) is 2.81. The predicted octanol–water partition coefficient (Wildman–Crippen LogP) is 4.07. The van der Waals surface area contributed by atoms with Gasteiger partial charge in [0.25, 0.3) is 0 Å². The van der Waals surface area contributed by atoms with E-state index in [-0.39, 0.29) is 69.1 Å². The Bertz CT molecular complexity index is 750. The number of carbonyl (C=O) groups is 3. The van der Waals surface area contributed by atoms with Crippen LogP contribution >= 0.6 is 0 Å². The van der Waals surface area contributed by atoms with E-state index in [0.29, 0.717) is 31.5 Å². The maximum absolute atomic E-state index is 11.7. The van der Waals surface area contributed by atoms with Crippen LogP contribution in [0, 0.1) is 11.8 Å². The molecule has 7 N–H and O–H groups in total. The molecule has 3 amide bonds. The fourth-order valence-corrected chi connectivity index (χ4v) is 4.17. The molecular weight excluding hydrogens is 508 g/mol. The normalized spacial score (nSPS) is 15.2. The first-order valence-corrected chi connectivity index (χ1v) is 12.0. The van der Waals surface area contributed by atoms with Crippen molar-refractivity contribution in [3.63, 3.8) is 0 Å². The molecule has 0 unspecified atom stereocenters. The van der Waals surface area contributed by atoms with E-state index in [2.05, 4.69) is 10.2 Å². The van der Waals surface area contributed by atoms with Crippen LogP contribution in [0.2, 0.25) is 0 Å². The van der Waals surface area contributed by atoms with Crippen LogP contribution in [0.15, 0.2) is 30.3 Å². The lowest BCUT2D eigenvalue weighted by atomic mass is 9.97. The van der Waals surface area contributed by atoms with Crippen molar-refractivity contribution >= 4 is 17.9 Å². The van der Waals surface area contributed by atoms with Crippen molar-refractivity contribution in [3.8, 4) is 0 Å². The lowest BCUT2D eigenvalue weighted by molar-refractivity contribution is -0.120. The molecule has 1 aromatic rings. The SMILES string of the molecule is C.C.C.C.C.C.NC(=O)CN1CCC(CNC(=O)OCc2ccccc2)CC1.NCC1CCN(CC(N)=O)CC1. The second kappa shape index (κ2) is 26.5. The summed E-state index contributed by atoms with van der Waals surface area (Å²) in [5.41, 5.74) is 16.8. The van der Waals surface area contributed by atoms with Crippen molar-refractivity contribution in [2.75, 3.05) is 52.4 Å². The number of likely N-dealkylation sites (tertiary alicyclic amines) is 2. The van der Waals surface area contributed by atoms with Crippen LogP contribution in [-0.2, 0) is 20.9 Å².